The van der Waals surface area contributed by atoms with E-state index in [1.807, 2.05) is 6.07 Å². The van der Waals surface area contributed by atoms with Crippen molar-refractivity contribution in [2.45, 2.75) is 25.7 Å². The molecule has 0 unspecified atom stereocenters. The van der Waals surface area contributed by atoms with Crippen molar-refractivity contribution in [3.05, 3.63) is 40.7 Å². The van der Waals surface area contributed by atoms with Crippen LogP contribution in [-0.4, -0.2) is 23.8 Å². The molecule has 5 heteroatoms. The van der Waals surface area contributed by atoms with E-state index in [0.717, 1.165) is 22.6 Å². The predicted octanol–water partition coefficient (Wildman–Crippen LogP) is 3.50. The van der Waals surface area contributed by atoms with Gasteiger partial charge in [0.2, 0.25) is 5.13 Å². The standard InChI is InChI=1S/C15H18FN3S/c1-19(9-8-11-6-7-11)15-18-17-14(20-15)10-12-4-2-3-5-13(12)16/h2-5,11H,6-10H2,1H3. The number of anilines is 1. The van der Waals surface area contributed by atoms with Crippen molar-refractivity contribution in [1.29, 1.82) is 0 Å². The Morgan fingerprint density at radius 3 is 2.85 bits per heavy atom. The lowest BCUT2D eigenvalue weighted by Crippen LogP contribution is -2.18. The van der Waals surface area contributed by atoms with Gasteiger partial charge in [-0.15, -0.1) is 10.2 Å². The van der Waals surface area contributed by atoms with E-state index < -0.39 is 0 Å². The first-order valence-corrected chi connectivity index (χ1v) is 7.81. The molecule has 20 heavy (non-hydrogen) atoms. The quantitative estimate of drug-likeness (QED) is 0.815. The molecule has 0 amide bonds. The lowest BCUT2D eigenvalue weighted by molar-refractivity contribution is 0.613. The van der Waals surface area contributed by atoms with Gasteiger partial charge in [0.25, 0.3) is 0 Å². The van der Waals surface area contributed by atoms with Crippen LogP contribution in [0.15, 0.2) is 24.3 Å². The fourth-order valence-electron chi connectivity index (χ4n) is 2.15. The van der Waals surface area contributed by atoms with Crippen LogP contribution >= 0.6 is 11.3 Å². The van der Waals surface area contributed by atoms with Crippen LogP contribution in [0.25, 0.3) is 0 Å². The van der Waals surface area contributed by atoms with E-state index in [9.17, 15) is 4.39 Å². The van der Waals surface area contributed by atoms with Crippen LogP contribution in [0.4, 0.5) is 9.52 Å². The molecule has 106 valence electrons. The van der Waals surface area contributed by atoms with E-state index in [0.29, 0.717) is 12.0 Å². The van der Waals surface area contributed by atoms with Crippen molar-refractivity contribution in [1.82, 2.24) is 10.2 Å². The average Bonchev–Trinajstić information content (AvgIpc) is 3.16. The van der Waals surface area contributed by atoms with E-state index in [2.05, 4.69) is 22.1 Å². The van der Waals surface area contributed by atoms with Crippen molar-refractivity contribution in [3.8, 4) is 0 Å². The zero-order valence-corrected chi connectivity index (χ0v) is 12.4. The maximum atomic E-state index is 13.6. The van der Waals surface area contributed by atoms with Gasteiger partial charge in [-0.2, -0.15) is 0 Å². The lowest BCUT2D eigenvalue weighted by atomic mass is 10.1. The highest BCUT2D eigenvalue weighted by molar-refractivity contribution is 7.15. The van der Waals surface area contributed by atoms with E-state index in [4.69, 9.17) is 0 Å². The van der Waals surface area contributed by atoms with Crippen molar-refractivity contribution in [3.63, 3.8) is 0 Å². The molecule has 3 nitrogen and oxygen atoms in total. The molecule has 1 aromatic heterocycles. The van der Waals surface area contributed by atoms with Crippen LogP contribution in [0.2, 0.25) is 0 Å². The summed E-state index contributed by atoms with van der Waals surface area (Å²) in [5.74, 6) is 0.745. The molecule has 1 aliphatic rings. The summed E-state index contributed by atoms with van der Waals surface area (Å²) in [6.45, 7) is 1.03. The van der Waals surface area contributed by atoms with Gasteiger partial charge in [-0.1, -0.05) is 42.4 Å². The van der Waals surface area contributed by atoms with Crippen molar-refractivity contribution in [2.24, 2.45) is 5.92 Å². The molecule has 1 saturated carbocycles. The van der Waals surface area contributed by atoms with Gasteiger partial charge in [-0.05, 0) is 24.0 Å². The first-order valence-electron chi connectivity index (χ1n) is 6.99. The van der Waals surface area contributed by atoms with Crippen LogP contribution in [0.5, 0.6) is 0 Å². The fourth-order valence-corrected chi connectivity index (χ4v) is 3.00. The smallest absolute Gasteiger partial charge is 0.208 e. The Morgan fingerprint density at radius 1 is 1.30 bits per heavy atom. The summed E-state index contributed by atoms with van der Waals surface area (Å²) in [5.41, 5.74) is 0.677. The van der Waals surface area contributed by atoms with E-state index in [-0.39, 0.29) is 5.82 Å². The topological polar surface area (TPSA) is 29.0 Å². The molecule has 0 radical (unpaired) electrons. The molecule has 1 fully saturated rings. The third-order valence-corrected chi connectivity index (χ3v) is 4.69. The molecule has 0 N–H and O–H groups in total. The molecule has 3 rings (SSSR count). The summed E-state index contributed by atoms with van der Waals surface area (Å²) in [7, 11) is 2.05. The first-order chi connectivity index (χ1) is 9.72. The van der Waals surface area contributed by atoms with Gasteiger partial charge in [0.05, 0.1) is 0 Å². The minimum absolute atomic E-state index is 0.175. The minimum Gasteiger partial charge on any atom is -0.350 e. The summed E-state index contributed by atoms with van der Waals surface area (Å²) in [4.78, 5) is 2.15. The second-order valence-electron chi connectivity index (χ2n) is 5.40. The van der Waals surface area contributed by atoms with Gasteiger partial charge >= 0.3 is 0 Å². The van der Waals surface area contributed by atoms with Gasteiger partial charge in [-0.25, -0.2) is 4.39 Å². The monoisotopic (exact) mass is 291 g/mol. The summed E-state index contributed by atoms with van der Waals surface area (Å²) >= 11 is 1.55. The zero-order valence-electron chi connectivity index (χ0n) is 11.6. The number of hydrogen-bond donors (Lipinski definition) is 0. The second-order valence-corrected chi connectivity index (χ2v) is 6.44. The highest BCUT2D eigenvalue weighted by Gasteiger charge is 2.21. The van der Waals surface area contributed by atoms with Crippen molar-refractivity contribution < 1.29 is 4.39 Å². The molecule has 2 aromatic rings. The average molecular weight is 291 g/mol. The molecule has 0 aliphatic heterocycles. The first kappa shape index (κ1) is 13.5. The normalized spacial score (nSPS) is 14.5. The maximum Gasteiger partial charge on any atom is 0.208 e. The Kier molecular flexibility index (Phi) is 3.96. The van der Waals surface area contributed by atoms with Gasteiger partial charge in [0, 0.05) is 20.0 Å². The van der Waals surface area contributed by atoms with Crippen LogP contribution in [0, 0.1) is 11.7 Å². The number of rotatable bonds is 6. The Morgan fingerprint density at radius 2 is 2.10 bits per heavy atom. The highest BCUT2D eigenvalue weighted by Crippen LogP contribution is 2.33. The largest absolute Gasteiger partial charge is 0.350 e. The van der Waals surface area contributed by atoms with Crippen molar-refractivity contribution >= 4 is 16.5 Å². The van der Waals surface area contributed by atoms with Gasteiger partial charge < -0.3 is 4.90 Å². The summed E-state index contributed by atoms with van der Waals surface area (Å²) in [5, 5.41) is 10.2. The molecule has 0 bridgehead atoms. The van der Waals surface area contributed by atoms with Crippen LogP contribution in [0.1, 0.15) is 29.8 Å². The van der Waals surface area contributed by atoms with Gasteiger partial charge in [0.15, 0.2) is 0 Å². The Hall–Kier alpha value is -1.49. The third-order valence-electron chi connectivity index (χ3n) is 3.65. The number of halogens is 1. The highest BCUT2D eigenvalue weighted by atomic mass is 32.1. The Balaban J connectivity index is 1.62. The fraction of sp³-hybridized carbons (Fsp3) is 0.467. The van der Waals surface area contributed by atoms with Crippen LogP contribution in [-0.2, 0) is 6.42 Å². The molecule has 0 atom stereocenters. The van der Waals surface area contributed by atoms with Crippen LogP contribution < -0.4 is 4.90 Å². The maximum absolute atomic E-state index is 13.6. The molecule has 0 spiro atoms. The Bertz CT molecular complexity index is 580. The summed E-state index contributed by atoms with van der Waals surface area (Å²) < 4.78 is 13.6. The van der Waals surface area contributed by atoms with Gasteiger partial charge in [-0.3, -0.25) is 0 Å². The number of aromatic nitrogens is 2. The molecule has 1 aromatic carbocycles. The van der Waals surface area contributed by atoms with E-state index in [1.165, 1.54) is 25.3 Å². The third kappa shape index (κ3) is 3.33. The van der Waals surface area contributed by atoms with E-state index >= 15 is 0 Å². The molecule has 1 aliphatic carbocycles. The molecule has 0 saturated heterocycles. The van der Waals surface area contributed by atoms with Crippen molar-refractivity contribution in [2.75, 3.05) is 18.5 Å². The number of hydrogen-bond acceptors (Lipinski definition) is 4. The number of nitrogens with zero attached hydrogens (tertiary/aromatic N) is 3. The van der Waals surface area contributed by atoms with E-state index in [1.54, 1.807) is 23.5 Å². The molecular weight excluding hydrogens is 273 g/mol. The molecular formula is C15H18FN3S. The minimum atomic E-state index is -0.175. The summed E-state index contributed by atoms with van der Waals surface area (Å²) in [6, 6.07) is 6.84. The number of benzene rings is 1. The second kappa shape index (κ2) is 5.87. The van der Waals surface area contributed by atoms with Gasteiger partial charge in [0.1, 0.15) is 10.8 Å². The lowest BCUT2D eigenvalue weighted by Gasteiger charge is -2.13. The molecule has 1 heterocycles. The predicted molar refractivity (Wildman–Crippen MR) is 79.7 cm³/mol. The summed E-state index contributed by atoms with van der Waals surface area (Å²) in [6.07, 6.45) is 4.50. The Labute approximate surface area is 122 Å². The SMILES string of the molecule is CN(CCC1CC1)c1nnc(Cc2ccccc2F)s1. The van der Waals surface area contributed by atoms with Crippen LogP contribution in [0.3, 0.4) is 0 Å². The zero-order chi connectivity index (χ0) is 13.9.